The summed E-state index contributed by atoms with van der Waals surface area (Å²) in [5.74, 6) is 0.374. The van der Waals surface area contributed by atoms with Gasteiger partial charge in [-0.3, -0.25) is 9.78 Å². The van der Waals surface area contributed by atoms with Crippen LogP contribution in [0.5, 0.6) is 5.75 Å². The molecule has 0 aliphatic carbocycles. The van der Waals surface area contributed by atoms with Crippen LogP contribution in [0.15, 0.2) is 60.9 Å². The molecule has 1 heterocycles. The van der Waals surface area contributed by atoms with E-state index in [1.54, 1.807) is 25.6 Å². The Bertz CT molecular complexity index is 1020. The molecule has 5 nitrogen and oxygen atoms in total. The molecule has 3 rings (SSSR count). The summed E-state index contributed by atoms with van der Waals surface area (Å²) < 4.78 is 5.34. The average molecular weight is 389 g/mol. The molecule has 1 aromatic heterocycles. The van der Waals surface area contributed by atoms with Gasteiger partial charge in [0.15, 0.2) is 0 Å². The number of rotatable bonds is 5. The van der Waals surface area contributed by atoms with Gasteiger partial charge in [0.05, 0.1) is 30.2 Å². The van der Waals surface area contributed by atoms with Crippen molar-refractivity contribution in [1.82, 2.24) is 4.98 Å². The van der Waals surface area contributed by atoms with E-state index in [0.29, 0.717) is 17.0 Å². The van der Waals surface area contributed by atoms with Gasteiger partial charge < -0.3 is 15.4 Å². The Morgan fingerprint density at radius 2 is 1.76 bits per heavy atom. The number of nitrogens with one attached hydrogen (secondary N) is 2. The first-order chi connectivity index (χ1) is 13.8. The highest BCUT2D eigenvalue weighted by molar-refractivity contribution is 6.05. The molecule has 0 radical (unpaired) electrons. The van der Waals surface area contributed by atoms with E-state index >= 15 is 0 Å². The number of aryl methyl sites for hydroxylation is 1. The zero-order valence-corrected chi connectivity index (χ0v) is 17.5. The van der Waals surface area contributed by atoms with Crippen LogP contribution in [-0.2, 0) is 5.41 Å². The summed E-state index contributed by atoms with van der Waals surface area (Å²) in [6.07, 6.45) is 3.27. The lowest BCUT2D eigenvalue weighted by Gasteiger charge is -2.23. The van der Waals surface area contributed by atoms with Gasteiger partial charge in [0.25, 0.3) is 5.91 Å². The minimum Gasteiger partial charge on any atom is -0.495 e. The van der Waals surface area contributed by atoms with Crippen molar-refractivity contribution in [3.63, 3.8) is 0 Å². The zero-order valence-electron chi connectivity index (χ0n) is 17.5. The molecule has 2 N–H and O–H groups in total. The molecule has 0 spiro atoms. The number of hydrogen-bond donors (Lipinski definition) is 2. The molecular weight excluding hydrogens is 362 g/mol. The SMILES string of the molecule is COc1ccc(C)cc1NC(=O)c1cncc(Nc2ccccc2C(C)(C)C)c1. The number of hydrogen-bond acceptors (Lipinski definition) is 4. The Morgan fingerprint density at radius 1 is 1.00 bits per heavy atom. The maximum atomic E-state index is 12.8. The van der Waals surface area contributed by atoms with Crippen molar-refractivity contribution >= 4 is 23.0 Å². The molecule has 29 heavy (non-hydrogen) atoms. The standard InChI is InChI=1S/C24H27N3O2/c1-16-10-11-22(29-5)21(12-16)27-23(28)17-13-18(15-25-14-17)26-20-9-7-6-8-19(20)24(2,3)4/h6-15,26H,1-5H3,(H,27,28). The molecule has 0 atom stereocenters. The highest BCUT2D eigenvalue weighted by atomic mass is 16.5. The predicted molar refractivity (Wildman–Crippen MR) is 118 cm³/mol. The number of pyridine rings is 1. The third kappa shape index (κ3) is 4.93. The van der Waals surface area contributed by atoms with Crippen molar-refractivity contribution in [3.05, 3.63) is 77.6 Å². The zero-order chi connectivity index (χ0) is 21.0. The van der Waals surface area contributed by atoms with Crippen LogP contribution in [0.4, 0.5) is 17.1 Å². The number of nitrogens with zero attached hydrogens (tertiary/aromatic N) is 1. The van der Waals surface area contributed by atoms with Crippen LogP contribution in [0.3, 0.4) is 0 Å². The van der Waals surface area contributed by atoms with Crippen LogP contribution in [0.25, 0.3) is 0 Å². The first-order valence-corrected chi connectivity index (χ1v) is 9.55. The molecule has 150 valence electrons. The summed E-state index contributed by atoms with van der Waals surface area (Å²) in [6, 6.07) is 15.6. The highest BCUT2D eigenvalue weighted by Crippen LogP contribution is 2.31. The fourth-order valence-electron chi connectivity index (χ4n) is 3.15. The second kappa shape index (κ2) is 8.35. The van der Waals surface area contributed by atoms with Gasteiger partial charge in [0, 0.05) is 11.9 Å². The Balaban J connectivity index is 1.84. The van der Waals surface area contributed by atoms with Crippen LogP contribution in [-0.4, -0.2) is 18.0 Å². The number of para-hydroxylation sites is 1. The lowest BCUT2D eigenvalue weighted by molar-refractivity contribution is 0.102. The maximum absolute atomic E-state index is 12.8. The minimum absolute atomic E-state index is 0.00622. The fraction of sp³-hybridized carbons (Fsp3) is 0.250. The molecule has 0 fully saturated rings. The van der Waals surface area contributed by atoms with E-state index in [1.807, 2.05) is 43.3 Å². The molecule has 3 aromatic rings. The van der Waals surface area contributed by atoms with Crippen LogP contribution in [0, 0.1) is 6.92 Å². The fourth-order valence-corrected chi connectivity index (χ4v) is 3.15. The number of benzene rings is 2. The Labute approximate surface area is 172 Å². The largest absolute Gasteiger partial charge is 0.495 e. The van der Waals surface area contributed by atoms with E-state index in [2.05, 4.69) is 42.5 Å². The maximum Gasteiger partial charge on any atom is 0.257 e. The van der Waals surface area contributed by atoms with E-state index in [-0.39, 0.29) is 11.3 Å². The van der Waals surface area contributed by atoms with Crippen molar-refractivity contribution < 1.29 is 9.53 Å². The number of amides is 1. The first kappa shape index (κ1) is 20.4. The van der Waals surface area contributed by atoms with Gasteiger partial charge in [-0.2, -0.15) is 0 Å². The molecule has 0 bridgehead atoms. The molecule has 0 aliphatic rings. The van der Waals surface area contributed by atoms with Gasteiger partial charge in [-0.1, -0.05) is 45.0 Å². The second-order valence-electron chi connectivity index (χ2n) is 8.04. The van der Waals surface area contributed by atoms with Crippen molar-refractivity contribution in [2.45, 2.75) is 33.1 Å². The molecular formula is C24H27N3O2. The molecule has 2 aromatic carbocycles. The Hall–Kier alpha value is -3.34. The van der Waals surface area contributed by atoms with Gasteiger partial charge in [0.1, 0.15) is 5.75 Å². The van der Waals surface area contributed by atoms with Gasteiger partial charge >= 0.3 is 0 Å². The van der Waals surface area contributed by atoms with E-state index in [9.17, 15) is 4.79 Å². The van der Waals surface area contributed by atoms with Crippen LogP contribution in [0.2, 0.25) is 0 Å². The Morgan fingerprint density at radius 3 is 2.48 bits per heavy atom. The number of ether oxygens (including phenoxy) is 1. The summed E-state index contributed by atoms with van der Waals surface area (Å²) in [5, 5.41) is 6.32. The quantitative estimate of drug-likeness (QED) is 0.588. The smallest absolute Gasteiger partial charge is 0.257 e. The minimum atomic E-state index is -0.242. The topological polar surface area (TPSA) is 63.2 Å². The molecule has 0 unspecified atom stereocenters. The van der Waals surface area contributed by atoms with Crippen molar-refractivity contribution in [2.24, 2.45) is 0 Å². The summed E-state index contributed by atoms with van der Waals surface area (Å²) in [5.41, 5.74) is 5.08. The molecule has 1 amide bonds. The monoisotopic (exact) mass is 389 g/mol. The summed E-state index contributed by atoms with van der Waals surface area (Å²) >= 11 is 0. The summed E-state index contributed by atoms with van der Waals surface area (Å²) in [4.78, 5) is 17.0. The van der Waals surface area contributed by atoms with Gasteiger partial charge in [0.2, 0.25) is 0 Å². The molecule has 5 heteroatoms. The van der Waals surface area contributed by atoms with E-state index in [0.717, 1.165) is 16.9 Å². The van der Waals surface area contributed by atoms with Crippen LogP contribution in [0.1, 0.15) is 42.3 Å². The lowest BCUT2D eigenvalue weighted by atomic mass is 9.86. The summed E-state index contributed by atoms with van der Waals surface area (Å²) in [6.45, 7) is 8.48. The molecule has 0 aliphatic heterocycles. The number of aromatic nitrogens is 1. The first-order valence-electron chi connectivity index (χ1n) is 9.55. The van der Waals surface area contributed by atoms with E-state index in [1.165, 1.54) is 5.56 Å². The number of carbonyl (C=O) groups is 1. The van der Waals surface area contributed by atoms with Gasteiger partial charge in [-0.15, -0.1) is 0 Å². The normalized spacial score (nSPS) is 11.1. The third-order valence-electron chi connectivity index (χ3n) is 4.62. The summed E-state index contributed by atoms with van der Waals surface area (Å²) in [7, 11) is 1.58. The van der Waals surface area contributed by atoms with Crippen molar-refractivity contribution in [1.29, 1.82) is 0 Å². The number of carbonyl (C=O) groups excluding carboxylic acids is 1. The van der Waals surface area contributed by atoms with E-state index < -0.39 is 0 Å². The predicted octanol–water partition coefficient (Wildman–Crippen LogP) is 5.69. The van der Waals surface area contributed by atoms with Crippen molar-refractivity contribution in [3.8, 4) is 5.75 Å². The highest BCUT2D eigenvalue weighted by Gasteiger charge is 2.18. The van der Waals surface area contributed by atoms with Crippen LogP contribution >= 0.6 is 0 Å². The average Bonchev–Trinajstić information content (AvgIpc) is 2.68. The lowest BCUT2D eigenvalue weighted by Crippen LogP contribution is -2.15. The van der Waals surface area contributed by atoms with Gasteiger partial charge in [-0.05, 0) is 47.7 Å². The van der Waals surface area contributed by atoms with E-state index in [4.69, 9.17) is 4.74 Å². The van der Waals surface area contributed by atoms with Crippen molar-refractivity contribution in [2.75, 3.05) is 17.7 Å². The number of methoxy groups -OCH3 is 1. The number of anilines is 3. The molecule has 0 saturated carbocycles. The Kier molecular flexibility index (Phi) is 5.87. The third-order valence-corrected chi connectivity index (χ3v) is 4.62. The van der Waals surface area contributed by atoms with Gasteiger partial charge in [-0.25, -0.2) is 0 Å². The van der Waals surface area contributed by atoms with Crippen LogP contribution < -0.4 is 15.4 Å². The molecule has 0 saturated heterocycles. The second-order valence-corrected chi connectivity index (χ2v) is 8.04.